The van der Waals surface area contributed by atoms with E-state index in [9.17, 15) is 13.2 Å². The van der Waals surface area contributed by atoms with Gasteiger partial charge in [0.15, 0.2) is 0 Å². The summed E-state index contributed by atoms with van der Waals surface area (Å²) in [5.41, 5.74) is 0. The third-order valence-electron chi connectivity index (χ3n) is 3.05. The second kappa shape index (κ2) is 6.52. The van der Waals surface area contributed by atoms with Crippen molar-refractivity contribution < 1.29 is 18.3 Å². The average molecular weight is 383 g/mol. The molecule has 112 valence electrons. The van der Waals surface area contributed by atoms with Crippen LogP contribution in [-0.4, -0.2) is 61.4 Å². The van der Waals surface area contributed by atoms with E-state index in [1.807, 2.05) is 0 Å². The van der Waals surface area contributed by atoms with Gasteiger partial charge in [0.1, 0.15) is 4.21 Å². The quantitative estimate of drug-likeness (QED) is 0.848. The second-order valence-electron chi connectivity index (χ2n) is 4.49. The van der Waals surface area contributed by atoms with Crippen LogP contribution in [0.4, 0.5) is 0 Å². The molecule has 0 aliphatic carbocycles. The molecule has 9 heteroatoms. The summed E-state index contributed by atoms with van der Waals surface area (Å²) in [4.78, 5) is 12.5. The first kappa shape index (κ1) is 15.9. The normalized spacial score (nSPS) is 18.9. The molecule has 0 radical (unpaired) electrons. The second-order valence-corrected chi connectivity index (χ2v) is 9.11. The molecule has 0 atom stereocenters. The fourth-order valence-electron chi connectivity index (χ4n) is 2.10. The van der Waals surface area contributed by atoms with Crippen LogP contribution in [0.15, 0.2) is 20.1 Å². The van der Waals surface area contributed by atoms with Gasteiger partial charge in [0.25, 0.3) is 10.0 Å². The van der Waals surface area contributed by atoms with Crippen molar-refractivity contribution in [1.82, 2.24) is 9.21 Å². The minimum atomic E-state index is -3.47. The first-order chi connectivity index (χ1) is 9.39. The van der Waals surface area contributed by atoms with Crippen LogP contribution in [0.3, 0.4) is 0 Å². The van der Waals surface area contributed by atoms with Crippen molar-refractivity contribution in [3.63, 3.8) is 0 Å². The van der Waals surface area contributed by atoms with Crippen LogP contribution in [0.2, 0.25) is 0 Å². The van der Waals surface area contributed by atoms with Gasteiger partial charge in [-0.25, -0.2) is 8.42 Å². The Morgan fingerprint density at radius 2 is 2.05 bits per heavy atom. The van der Waals surface area contributed by atoms with E-state index in [4.69, 9.17) is 5.11 Å². The summed E-state index contributed by atoms with van der Waals surface area (Å²) in [7, 11) is -3.47. The van der Waals surface area contributed by atoms with Crippen LogP contribution >= 0.6 is 27.3 Å². The summed E-state index contributed by atoms with van der Waals surface area (Å²) in [6.45, 7) is 1.75. The third kappa shape index (κ3) is 3.79. The van der Waals surface area contributed by atoms with E-state index < -0.39 is 16.0 Å². The van der Waals surface area contributed by atoms with Crippen molar-refractivity contribution in [1.29, 1.82) is 0 Å². The van der Waals surface area contributed by atoms with Crippen molar-refractivity contribution in [3.8, 4) is 0 Å². The monoisotopic (exact) mass is 382 g/mol. The molecule has 0 aromatic carbocycles. The zero-order valence-electron chi connectivity index (χ0n) is 10.7. The Hall–Kier alpha value is -0.480. The molecule has 0 saturated carbocycles. The van der Waals surface area contributed by atoms with E-state index in [0.717, 1.165) is 3.79 Å². The average Bonchev–Trinajstić information content (AvgIpc) is 2.66. The first-order valence-electron chi connectivity index (χ1n) is 6.09. The van der Waals surface area contributed by atoms with Gasteiger partial charge >= 0.3 is 5.97 Å². The van der Waals surface area contributed by atoms with E-state index in [1.54, 1.807) is 17.0 Å². The summed E-state index contributed by atoms with van der Waals surface area (Å²) in [6, 6.07) is 3.30. The zero-order chi connectivity index (χ0) is 14.8. The molecule has 0 spiro atoms. The minimum absolute atomic E-state index is 0.0432. The molecule has 2 rings (SSSR count). The standard InChI is InChI=1S/C11H15BrN2O4S2/c12-9-2-3-11(19-9)20(17,18)14-5-1-4-13(6-7-14)8-10(15)16/h2-3H,1,4-8H2,(H,15,16). The fourth-order valence-corrected chi connectivity index (χ4v) is 5.73. The summed E-state index contributed by atoms with van der Waals surface area (Å²) < 4.78 is 27.5. The molecule has 1 aromatic heterocycles. The SMILES string of the molecule is O=C(O)CN1CCCN(S(=O)(=O)c2ccc(Br)s2)CC1. The molecule has 0 unspecified atom stereocenters. The van der Waals surface area contributed by atoms with Crippen molar-refractivity contribution in [2.45, 2.75) is 10.6 Å². The van der Waals surface area contributed by atoms with Crippen LogP contribution in [0.1, 0.15) is 6.42 Å². The van der Waals surface area contributed by atoms with Gasteiger partial charge in [0.2, 0.25) is 0 Å². The summed E-state index contributed by atoms with van der Waals surface area (Å²) >= 11 is 4.45. The lowest BCUT2D eigenvalue weighted by atomic mass is 10.4. The molecule has 1 aliphatic rings. The molecule has 0 amide bonds. The number of thiophene rings is 1. The molecule has 1 fully saturated rings. The predicted molar refractivity (Wildman–Crippen MR) is 79.5 cm³/mol. The van der Waals surface area contributed by atoms with Crippen LogP contribution in [0, 0.1) is 0 Å². The van der Waals surface area contributed by atoms with Gasteiger partial charge in [-0.3, -0.25) is 9.69 Å². The van der Waals surface area contributed by atoms with E-state index in [2.05, 4.69) is 15.9 Å². The van der Waals surface area contributed by atoms with Crippen LogP contribution < -0.4 is 0 Å². The van der Waals surface area contributed by atoms with Crippen molar-refractivity contribution >= 4 is 43.3 Å². The maximum absolute atomic E-state index is 12.5. The van der Waals surface area contributed by atoms with E-state index >= 15 is 0 Å². The number of carboxylic acids is 1. The first-order valence-corrected chi connectivity index (χ1v) is 9.14. The number of sulfonamides is 1. The number of nitrogens with zero attached hydrogens (tertiary/aromatic N) is 2. The lowest BCUT2D eigenvalue weighted by Gasteiger charge is -2.19. The van der Waals surface area contributed by atoms with E-state index in [0.29, 0.717) is 36.8 Å². The maximum atomic E-state index is 12.5. The Balaban J connectivity index is 2.08. The Labute approximate surface area is 130 Å². The highest BCUT2D eigenvalue weighted by Gasteiger charge is 2.28. The topological polar surface area (TPSA) is 77.9 Å². The molecule has 1 N–H and O–H groups in total. The molecular formula is C11H15BrN2O4S2. The molecule has 1 aliphatic heterocycles. The molecule has 1 aromatic rings. The van der Waals surface area contributed by atoms with Crippen molar-refractivity contribution in [2.24, 2.45) is 0 Å². The molecule has 0 bridgehead atoms. The smallest absolute Gasteiger partial charge is 0.317 e. The number of aliphatic carboxylic acids is 1. The predicted octanol–water partition coefficient (Wildman–Crippen LogP) is 1.29. The largest absolute Gasteiger partial charge is 0.480 e. The number of halogens is 1. The van der Waals surface area contributed by atoms with E-state index in [1.165, 1.54) is 15.6 Å². The summed E-state index contributed by atoms with van der Waals surface area (Å²) in [5, 5.41) is 8.79. The highest BCUT2D eigenvalue weighted by atomic mass is 79.9. The molecule has 2 heterocycles. The van der Waals surface area contributed by atoms with Crippen LogP contribution in [0.5, 0.6) is 0 Å². The lowest BCUT2D eigenvalue weighted by Crippen LogP contribution is -2.36. The van der Waals surface area contributed by atoms with Crippen molar-refractivity contribution in [3.05, 3.63) is 15.9 Å². The fraction of sp³-hybridized carbons (Fsp3) is 0.545. The Bertz CT molecular complexity index is 587. The van der Waals surface area contributed by atoms with Crippen LogP contribution in [0.25, 0.3) is 0 Å². The summed E-state index contributed by atoms with van der Waals surface area (Å²) in [5.74, 6) is -0.886. The molecule has 1 saturated heterocycles. The van der Waals surface area contributed by atoms with Gasteiger partial charge < -0.3 is 5.11 Å². The summed E-state index contributed by atoms with van der Waals surface area (Å²) in [6.07, 6.45) is 0.638. The van der Waals surface area contributed by atoms with Crippen LogP contribution in [-0.2, 0) is 14.8 Å². The van der Waals surface area contributed by atoms with Gasteiger partial charge in [0.05, 0.1) is 10.3 Å². The van der Waals surface area contributed by atoms with Gasteiger partial charge in [-0.05, 0) is 34.5 Å². The van der Waals surface area contributed by atoms with Gasteiger partial charge in [-0.1, -0.05) is 0 Å². The highest BCUT2D eigenvalue weighted by Crippen LogP contribution is 2.28. The number of rotatable bonds is 4. The molecular weight excluding hydrogens is 368 g/mol. The van der Waals surface area contributed by atoms with Gasteiger partial charge in [-0.2, -0.15) is 4.31 Å². The number of hydrogen-bond acceptors (Lipinski definition) is 5. The highest BCUT2D eigenvalue weighted by molar-refractivity contribution is 9.11. The maximum Gasteiger partial charge on any atom is 0.317 e. The van der Waals surface area contributed by atoms with Crippen molar-refractivity contribution in [2.75, 3.05) is 32.7 Å². The molecule has 6 nitrogen and oxygen atoms in total. The van der Waals surface area contributed by atoms with E-state index in [-0.39, 0.29) is 6.54 Å². The zero-order valence-corrected chi connectivity index (χ0v) is 13.9. The van der Waals surface area contributed by atoms with Gasteiger partial charge in [0, 0.05) is 26.2 Å². The minimum Gasteiger partial charge on any atom is -0.480 e. The Morgan fingerprint density at radius 3 is 2.65 bits per heavy atom. The lowest BCUT2D eigenvalue weighted by molar-refractivity contribution is -0.138. The molecule has 20 heavy (non-hydrogen) atoms. The number of carboxylic acid groups (broad SMARTS) is 1. The number of carbonyl (C=O) groups is 1. The Morgan fingerprint density at radius 1 is 1.30 bits per heavy atom. The Kier molecular flexibility index (Phi) is 5.19. The third-order valence-corrected chi connectivity index (χ3v) is 7.04. The van der Waals surface area contributed by atoms with Gasteiger partial charge in [-0.15, -0.1) is 11.3 Å². The number of hydrogen-bond donors (Lipinski definition) is 1.